The highest BCUT2D eigenvalue weighted by atomic mass is 79.9. The number of nitrogens with one attached hydrogen (secondary N) is 1. The Morgan fingerprint density at radius 1 is 1.63 bits per heavy atom. The number of amides is 1. The van der Waals surface area contributed by atoms with Crippen LogP contribution in [0.3, 0.4) is 0 Å². The predicted molar refractivity (Wildman–Crippen MR) is 73.4 cm³/mol. The molecule has 2 aromatic rings. The van der Waals surface area contributed by atoms with Crippen LogP contribution in [0.5, 0.6) is 0 Å². The maximum absolute atomic E-state index is 11.9. The molecule has 0 aliphatic heterocycles. The molecule has 2 heterocycles. The molecule has 0 unspecified atom stereocenters. The van der Waals surface area contributed by atoms with Gasteiger partial charge in [0.1, 0.15) is 0 Å². The van der Waals surface area contributed by atoms with E-state index in [9.17, 15) is 4.79 Å². The number of nitrogens with two attached hydrogens (primary N) is 1. The molecule has 1 aliphatic rings. The first-order valence-electron chi connectivity index (χ1n) is 5.73. The van der Waals surface area contributed by atoms with Crippen molar-refractivity contribution in [2.75, 3.05) is 5.73 Å². The Labute approximate surface area is 121 Å². The number of aromatic nitrogens is 2. The highest BCUT2D eigenvalue weighted by molar-refractivity contribution is 9.11. The van der Waals surface area contributed by atoms with Gasteiger partial charge in [-0.1, -0.05) is 5.10 Å². The van der Waals surface area contributed by atoms with E-state index in [1.165, 1.54) is 5.56 Å². The minimum absolute atomic E-state index is 0.0108. The Bertz CT molecular complexity index is 611. The van der Waals surface area contributed by atoms with Gasteiger partial charge in [-0.25, -0.2) is 0 Å². The maximum atomic E-state index is 11.9. The summed E-state index contributed by atoms with van der Waals surface area (Å²) in [6.45, 7) is 0.222. The molecule has 3 rings (SSSR count). The van der Waals surface area contributed by atoms with Crippen molar-refractivity contribution in [3.63, 3.8) is 0 Å². The Morgan fingerprint density at radius 3 is 3.11 bits per heavy atom. The third kappa shape index (κ3) is 2.79. The molecule has 100 valence electrons. The van der Waals surface area contributed by atoms with Crippen LogP contribution in [0.1, 0.15) is 23.8 Å². The van der Waals surface area contributed by atoms with Gasteiger partial charge >= 0.3 is 6.01 Å². The fraction of sp³-hybridized carbons (Fsp3) is 0.364. The molecule has 2 aromatic heterocycles. The van der Waals surface area contributed by atoms with Gasteiger partial charge in [-0.2, -0.15) is 0 Å². The normalized spacial score (nSPS) is 21.3. The molecule has 8 heteroatoms. The van der Waals surface area contributed by atoms with Crippen LogP contribution in [0.2, 0.25) is 0 Å². The molecule has 1 saturated carbocycles. The first kappa shape index (κ1) is 12.6. The molecule has 0 bridgehead atoms. The van der Waals surface area contributed by atoms with Crippen LogP contribution in [0.15, 0.2) is 19.6 Å². The summed E-state index contributed by atoms with van der Waals surface area (Å²) in [7, 11) is 0. The summed E-state index contributed by atoms with van der Waals surface area (Å²) in [6.07, 6.45) is 0.890. The van der Waals surface area contributed by atoms with E-state index in [-0.39, 0.29) is 24.4 Å². The molecule has 2 atom stereocenters. The van der Waals surface area contributed by atoms with Crippen molar-refractivity contribution in [1.82, 2.24) is 15.5 Å². The molecule has 0 radical (unpaired) electrons. The number of rotatable bonds is 4. The number of halogens is 1. The summed E-state index contributed by atoms with van der Waals surface area (Å²) < 4.78 is 6.08. The molecule has 6 nitrogen and oxygen atoms in total. The van der Waals surface area contributed by atoms with E-state index >= 15 is 0 Å². The maximum Gasteiger partial charge on any atom is 0.312 e. The van der Waals surface area contributed by atoms with E-state index in [2.05, 4.69) is 42.9 Å². The number of nitrogens with zero attached hydrogens (tertiary/aromatic N) is 2. The zero-order chi connectivity index (χ0) is 13.4. The van der Waals surface area contributed by atoms with E-state index < -0.39 is 0 Å². The second-order valence-electron chi connectivity index (χ2n) is 4.38. The van der Waals surface area contributed by atoms with Crippen LogP contribution < -0.4 is 11.1 Å². The Kier molecular flexibility index (Phi) is 3.28. The van der Waals surface area contributed by atoms with Crippen LogP contribution in [-0.4, -0.2) is 16.1 Å². The Balaban J connectivity index is 1.52. The van der Waals surface area contributed by atoms with Gasteiger partial charge in [-0.15, -0.1) is 16.4 Å². The van der Waals surface area contributed by atoms with Gasteiger partial charge in [-0.05, 0) is 45.3 Å². The molecule has 3 N–H and O–H groups in total. The lowest BCUT2D eigenvalue weighted by Gasteiger charge is -2.00. The smallest absolute Gasteiger partial charge is 0.312 e. The van der Waals surface area contributed by atoms with Crippen molar-refractivity contribution in [3.8, 4) is 0 Å². The lowest BCUT2D eigenvalue weighted by molar-refractivity contribution is -0.122. The highest BCUT2D eigenvalue weighted by Gasteiger charge is 2.44. The standard InChI is InChI=1S/C11H11BrN4O2S/c12-8-1-5(4-19-8)6-2-7(6)10(17)14-3-9-15-16-11(13)18-9/h1,4,6-7H,2-3H2,(H2,13,16)(H,14,17)/t6-,7+/m0/s1. The van der Waals surface area contributed by atoms with Crippen LogP contribution in [0.4, 0.5) is 6.01 Å². The molecule has 0 saturated heterocycles. The predicted octanol–water partition coefficient (Wildman–Crippen LogP) is 1.90. The van der Waals surface area contributed by atoms with Crippen LogP contribution in [-0.2, 0) is 11.3 Å². The largest absolute Gasteiger partial charge is 0.406 e. The Hall–Kier alpha value is -1.41. The fourth-order valence-corrected chi connectivity index (χ4v) is 3.24. The SMILES string of the molecule is Nc1nnc(CNC(=O)[C@@H]2C[C@H]2c2csc(Br)c2)o1. The van der Waals surface area contributed by atoms with Crippen molar-refractivity contribution in [2.24, 2.45) is 5.92 Å². The van der Waals surface area contributed by atoms with Gasteiger partial charge < -0.3 is 15.5 Å². The lowest BCUT2D eigenvalue weighted by Crippen LogP contribution is -2.25. The topological polar surface area (TPSA) is 94.0 Å². The average Bonchev–Trinajstić information content (AvgIpc) is 2.90. The van der Waals surface area contributed by atoms with E-state index in [0.29, 0.717) is 11.8 Å². The number of hydrogen-bond donors (Lipinski definition) is 2. The van der Waals surface area contributed by atoms with Gasteiger partial charge in [-0.3, -0.25) is 4.79 Å². The molecule has 19 heavy (non-hydrogen) atoms. The minimum Gasteiger partial charge on any atom is -0.406 e. The van der Waals surface area contributed by atoms with Crippen molar-refractivity contribution < 1.29 is 9.21 Å². The number of nitrogen functional groups attached to an aromatic ring is 1. The molecule has 0 aromatic carbocycles. The fourth-order valence-electron chi connectivity index (χ4n) is 2.00. The zero-order valence-corrected chi connectivity index (χ0v) is 12.2. The molecule has 0 spiro atoms. The number of hydrogen-bond acceptors (Lipinski definition) is 6. The number of thiophene rings is 1. The van der Waals surface area contributed by atoms with Crippen LogP contribution in [0.25, 0.3) is 0 Å². The van der Waals surface area contributed by atoms with Crippen LogP contribution in [0, 0.1) is 5.92 Å². The third-order valence-electron chi connectivity index (χ3n) is 3.04. The summed E-state index contributed by atoms with van der Waals surface area (Å²) in [5, 5.41) is 12.1. The number of carbonyl (C=O) groups is 1. The first-order valence-corrected chi connectivity index (χ1v) is 7.40. The van der Waals surface area contributed by atoms with E-state index in [1.54, 1.807) is 11.3 Å². The van der Waals surface area contributed by atoms with Gasteiger partial charge in [0, 0.05) is 5.92 Å². The van der Waals surface area contributed by atoms with Gasteiger partial charge in [0.05, 0.1) is 10.3 Å². The first-order chi connectivity index (χ1) is 9.13. The van der Waals surface area contributed by atoms with Crippen molar-refractivity contribution in [2.45, 2.75) is 18.9 Å². The summed E-state index contributed by atoms with van der Waals surface area (Å²) in [6, 6.07) is 2.08. The van der Waals surface area contributed by atoms with Crippen molar-refractivity contribution in [3.05, 3.63) is 26.7 Å². The van der Waals surface area contributed by atoms with Gasteiger partial charge in [0.25, 0.3) is 0 Å². The summed E-state index contributed by atoms with van der Waals surface area (Å²) in [4.78, 5) is 11.9. The van der Waals surface area contributed by atoms with Crippen molar-refractivity contribution in [1.29, 1.82) is 0 Å². The zero-order valence-electron chi connectivity index (χ0n) is 9.80. The molecule has 1 fully saturated rings. The monoisotopic (exact) mass is 342 g/mol. The summed E-state index contributed by atoms with van der Waals surface area (Å²) in [5.41, 5.74) is 6.52. The molecular formula is C11H11BrN4O2S. The molecule has 1 aliphatic carbocycles. The molecule has 1 amide bonds. The highest BCUT2D eigenvalue weighted by Crippen LogP contribution is 2.49. The quantitative estimate of drug-likeness (QED) is 0.884. The van der Waals surface area contributed by atoms with Gasteiger partial charge in [0.15, 0.2) is 0 Å². The second kappa shape index (κ2) is 4.93. The number of anilines is 1. The van der Waals surface area contributed by atoms with Crippen LogP contribution >= 0.6 is 27.3 Å². The average molecular weight is 343 g/mol. The number of carbonyl (C=O) groups excluding carboxylic acids is 1. The summed E-state index contributed by atoms with van der Waals surface area (Å²) in [5.74, 6) is 0.711. The molecular weight excluding hydrogens is 332 g/mol. The Morgan fingerprint density at radius 2 is 2.47 bits per heavy atom. The van der Waals surface area contributed by atoms with Gasteiger partial charge in [0.2, 0.25) is 11.8 Å². The lowest BCUT2D eigenvalue weighted by atomic mass is 10.2. The van der Waals surface area contributed by atoms with E-state index in [4.69, 9.17) is 10.2 Å². The van der Waals surface area contributed by atoms with E-state index in [0.717, 1.165) is 10.2 Å². The van der Waals surface area contributed by atoms with E-state index in [1.807, 2.05) is 0 Å². The summed E-state index contributed by atoms with van der Waals surface area (Å²) >= 11 is 5.06. The minimum atomic E-state index is 0.0108. The third-order valence-corrected chi connectivity index (χ3v) is 4.56. The van der Waals surface area contributed by atoms with Crippen molar-refractivity contribution >= 4 is 39.2 Å². The second-order valence-corrected chi connectivity index (χ2v) is 6.68.